The molecule has 1 saturated heterocycles. The third-order valence-electron chi connectivity index (χ3n) is 2.56. The van der Waals surface area contributed by atoms with E-state index in [1.807, 2.05) is 20.8 Å². The molecule has 2 atom stereocenters. The standard InChI is InChI=1S/C10H16O4/c1-10(2,3)8(9(12)13)6-4-7(11)14-5-6/h6,8H,4-5H2,1-3H3,(H,12,13). The molecule has 0 aliphatic carbocycles. The van der Waals surface area contributed by atoms with Crippen LogP contribution in [0.4, 0.5) is 0 Å². The summed E-state index contributed by atoms with van der Waals surface area (Å²) in [5.41, 5.74) is -0.343. The van der Waals surface area contributed by atoms with E-state index in [0.717, 1.165) is 0 Å². The molecule has 4 heteroatoms. The number of hydrogen-bond donors (Lipinski definition) is 1. The zero-order valence-electron chi connectivity index (χ0n) is 8.74. The number of carboxylic acids is 1. The van der Waals surface area contributed by atoms with Crippen molar-refractivity contribution in [2.45, 2.75) is 27.2 Å². The molecule has 1 aliphatic heterocycles. The Kier molecular flexibility index (Phi) is 2.83. The number of cyclic esters (lactones) is 1. The van der Waals surface area contributed by atoms with E-state index in [-0.39, 0.29) is 30.3 Å². The molecule has 14 heavy (non-hydrogen) atoms. The van der Waals surface area contributed by atoms with Crippen LogP contribution in [0.3, 0.4) is 0 Å². The first kappa shape index (κ1) is 11.0. The van der Waals surface area contributed by atoms with Gasteiger partial charge in [-0.2, -0.15) is 0 Å². The van der Waals surface area contributed by atoms with Crippen molar-refractivity contribution in [3.05, 3.63) is 0 Å². The van der Waals surface area contributed by atoms with Gasteiger partial charge in [0, 0.05) is 5.92 Å². The van der Waals surface area contributed by atoms with Crippen molar-refractivity contribution in [2.75, 3.05) is 6.61 Å². The van der Waals surface area contributed by atoms with E-state index in [1.165, 1.54) is 0 Å². The van der Waals surface area contributed by atoms with E-state index in [1.54, 1.807) is 0 Å². The van der Waals surface area contributed by atoms with Crippen molar-refractivity contribution in [1.29, 1.82) is 0 Å². The second-order valence-corrected chi connectivity index (χ2v) is 4.83. The van der Waals surface area contributed by atoms with Gasteiger partial charge in [-0.15, -0.1) is 0 Å². The van der Waals surface area contributed by atoms with Crippen molar-refractivity contribution in [2.24, 2.45) is 17.3 Å². The molecule has 1 fully saturated rings. The highest BCUT2D eigenvalue weighted by Gasteiger charge is 2.42. The molecule has 0 aromatic carbocycles. The zero-order chi connectivity index (χ0) is 10.9. The molecule has 4 nitrogen and oxygen atoms in total. The summed E-state index contributed by atoms with van der Waals surface area (Å²) in [6.45, 7) is 5.85. The summed E-state index contributed by atoms with van der Waals surface area (Å²) in [6, 6.07) is 0. The molecule has 1 N–H and O–H groups in total. The molecular weight excluding hydrogens is 184 g/mol. The molecule has 1 rings (SSSR count). The Labute approximate surface area is 83.2 Å². The predicted octanol–water partition coefficient (Wildman–Crippen LogP) is 1.30. The minimum atomic E-state index is -0.846. The van der Waals surface area contributed by atoms with Crippen LogP contribution in [0.2, 0.25) is 0 Å². The summed E-state index contributed by atoms with van der Waals surface area (Å²) in [5, 5.41) is 9.09. The van der Waals surface area contributed by atoms with Crippen LogP contribution < -0.4 is 0 Å². The predicted molar refractivity (Wildman–Crippen MR) is 49.6 cm³/mol. The maximum Gasteiger partial charge on any atom is 0.307 e. The van der Waals surface area contributed by atoms with Gasteiger partial charge < -0.3 is 9.84 Å². The SMILES string of the molecule is CC(C)(C)C(C(=O)O)C1COC(=O)C1. The Morgan fingerprint density at radius 3 is 2.43 bits per heavy atom. The van der Waals surface area contributed by atoms with Gasteiger partial charge >= 0.3 is 11.9 Å². The van der Waals surface area contributed by atoms with Crippen LogP contribution in [0.5, 0.6) is 0 Å². The van der Waals surface area contributed by atoms with Crippen molar-refractivity contribution in [3.63, 3.8) is 0 Å². The number of carbonyl (C=O) groups excluding carboxylic acids is 1. The van der Waals surface area contributed by atoms with Gasteiger partial charge in [-0.3, -0.25) is 9.59 Å². The zero-order valence-corrected chi connectivity index (χ0v) is 8.74. The van der Waals surface area contributed by atoms with Gasteiger partial charge in [-0.25, -0.2) is 0 Å². The Morgan fingerprint density at radius 2 is 2.14 bits per heavy atom. The number of carbonyl (C=O) groups is 2. The minimum absolute atomic E-state index is 0.181. The smallest absolute Gasteiger partial charge is 0.307 e. The maximum absolute atomic E-state index is 11.1. The number of aliphatic carboxylic acids is 1. The molecule has 0 bridgehead atoms. The molecule has 0 aromatic rings. The molecule has 2 unspecified atom stereocenters. The Morgan fingerprint density at radius 1 is 1.57 bits per heavy atom. The van der Waals surface area contributed by atoms with Crippen molar-refractivity contribution in [1.82, 2.24) is 0 Å². The molecule has 0 aromatic heterocycles. The average Bonchev–Trinajstić information content (AvgIpc) is 2.31. The van der Waals surface area contributed by atoms with E-state index in [0.29, 0.717) is 0 Å². The minimum Gasteiger partial charge on any atom is -0.481 e. The van der Waals surface area contributed by atoms with E-state index < -0.39 is 11.9 Å². The van der Waals surface area contributed by atoms with E-state index >= 15 is 0 Å². The molecule has 1 aliphatic rings. The quantitative estimate of drug-likeness (QED) is 0.682. The number of hydrogen-bond acceptors (Lipinski definition) is 3. The summed E-state index contributed by atoms with van der Waals surface area (Å²) in [5.74, 6) is -1.83. The fourth-order valence-electron chi connectivity index (χ4n) is 2.03. The maximum atomic E-state index is 11.1. The van der Waals surface area contributed by atoms with Crippen molar-refractivity contribution in [3.8, 4) is 0 Å². The normalized spacial score (nSPS) is 24.5. The Hall–Kier alpha value is -1.06. The van der Waals surface area contributed by atoms with Gasteiger partial charge in [0.05, 0.1) is 18.9 Å². The average molecular weight is 200 g/mol. The second kappa shape index (κ2) is 3.59. The summed E-state index contributed by atoms with van der Waals surface area (Å²) >= 11 is 0. The lowest BCUT2D eigenvalue weighted by atomic mass is 9.73. The number of rotatable bonds is 2. The topological polar surface area (TPSA) is 63.6 Å². The molecule has 0 radical (unpaired) electrons. The lowest BCUT2D eigenvalue weighted by molar-refractivity contribution is -0.148. The van der Waals surface area contributed by atoms with Crippen LogP contribution in [0.25, 0.3) is 0 Å². The van der Waals surface area contributed by atoms with Gasteiger partial charge in [0.15, 0.2) is 0 Å². The lowest BCUT2D eigenvalue weighted by Gasteiger charge is -2.30. The van der Waals surface area contributed by atoms with E-state index in [2.05, 4.69) is 0 Å². The first-order valence-electron chi connectivity index (χ1n) is 4.71. The fraction of sp³-hybridized carbons (Fsp3) is 0.800. The number of ether oxygens (including phenoxy) is 1. The summed E-state index contributed by atoms with van der Waals surface area (Å²) in [6.07, 6.45) is 0.230. The molecule has 0 spiro atoms. The van der Waals surface area contributed by atoms with Crippen LogP contribution >= 0.6 is 0 Å². The lowest BCUT2D eigenvalue weighted by Crippen LogP contribution is -2.35. The largest absolute Gasteiger partial charge is 0.481 e. The van der Waals surface area contributed by atoms with Crippen LogP contribution in [0.15, 0.2) is 0 Å². The van der Waals surface area contributed by atoms with E-state index in [9.17, 15) is 9.59 Å². The Balaban J connectivity index is 2.79. The van der Waals surface area contributed by atoms with Crippen molar-refractivity contribution < 1.29 is 19.4 Å². The molecule has 80 valence electrons. The van der Waals surface area contributed by atoms with Crippen LogP contribution in [-0.2, 0) is 14.3 Å². The molecule has 0 amide bonds. The van der Waals surface area contributed by atoms with Crippen LogP contribution in [-0.4, -0.2) is 23.7 Å². The highest BCUT2D eigenvalue weighted by atomic mass is 16.5. The second-order valence-electron chi connectivity index (χ2n) is 4.83. The molecule has 1 heterocycles. The van der Waals surface area contributed by atoms with Gasteiger partial charge in [0.25, 0.3) is 0 Å². The van der Waals surface area contributed by atoms with Gasteiger partial charge in [-0.05, 0) is 5.41 Å². The number of carboxylic acid groups (broad SMARTS) is 1. The highest BCUT2D eigenvalue weighted by Crippen LogP contribution is 2.36. The van der Waals surface area contributed by atoms with Crippen LogP contribution in [0.1, 0.15) is 27.2 Å². The number of esters is 1. The van der Waals surface area contributed by atoms with Crippen LogP contribution in [0, 0.1) is 17.3 Å². The Bertz CT molecular complexity index is 251. The van der Waals surface area contributed by atoms with E-state index in [4.69, 9.17) is 9.84 Å². The third-order valence-corrected chi connectivity index (χ3v) is 2.56. The van der Waals surface area contributed by atoms with Gasteiger partial charge in [0.1, 0.15) is 0 Å². The van der Waals surface area contributed by atoms with Crippen molar-refractivity contribution >= 4 is 11.9 Å². The molecule has 0 saturated carbocycles. The summed E-state index contributed by atoms with van der Waals surface area (Å²) in [4.78, 5) is 22.0. The fourth-order valence-corrected chi connectivity index (χ4v) is 2.03. The summed E-state index contributed by atoms with van der Waals surface area (Å²) in [7, 11) is 0. The third kappa shape index (κ3) is 2.25. The first-order chi connectivity index (χ1) is 6.32. The summed E-state index contributed by atoms with van der Waals surface area (Å²) < 4.78 is 4.79. The molecular formula is C10H16O4. The van der Waals surface area contributed by atoms with Gasteiger partial charge in [0.2, 0.25) is 0 Å². The van der Waals surface area contributed by atoms with Gasteiger partial charge in [-0.1, -0.05) is 20.8 Å². The first-order valence-corrected chi connectivity index (χ1v) is 4.71. The highest BCUT2D eigenvalue weighted by molar-refractivity contribution is 5.76. The monoisotopic (exact) mass is 200 g/mol.